The van der Waals surface area contributed by atoms with Gasteiger partial charge in [0.25, 0.3) is 0 Å². The first-order valence-corrected chi connectivity index (χ1v) is 8.93. The van der Waals surface area contributed by atoms with E-state index in [0.29, 0.717) is 15.0 Å². The van der Waals surface area contributed by atoms with E-state index in [-0.39, 0.29) is 0 Å². The summed E-state index contributed by atoms with van der Waals surface area (Å²) < 4.78 is 7.10. The molecule has 0 aliphatic carbocycles. The van der Waals surface area contributed by atoms with Crippen molar-refractivity contribution >= 4 is 25.3 Å². The van der Waals surface area contributed by atoms with Gasteiger partial charge in [-0.15, -0.1) is 0 Å². The van der Waals surface area contributed by atoms with Crippen molar-refractivity contribution in [3.63, 3.8) is 0 Å². The fraction of sp³-hybridized carbons (Fsp3) is 0.235. The molecule has 1 aliphatic heterocycles. The molecule has 3 rings (SSSR count). The Morgan fingerprint density at radius 2 is 1.80 bits per heavy atom. The van der Waals surface area contributed by atoms with Gasteiger partial charge in [-0.3, -0.25) is 0 Å². The van der Waals surface area contributed by atoms with Gasteiger partial charge in [0, 0.05) is 0 Å². The summed E-state index contributed by atoms with van der Waals surface area (Å²) in [5.41, 5.74) is 2.58. The van der Waals surface area contributed by atoms with Gasteiger partial charge in [0.1, 0.15) is 0 Å². The van der Waals surface area contributed by atoms with E-state index < -0.39 is 0 Å². The Hall–Kier alpha value is -1.57. The normalized spacial score (nSPS) is 14.5. The quantitative estimate of drug-likeness (QED) is 0.789. The van der Waals surface area contributed by atoms with Crippen LogP contribution in [0.3, 0.4) is 0 Å². The number of ether oxygens (including phenoxy) is 1. The summed E-state index contributed by atoms with van der Waals surface area (Å²) in [4.78, 5) is 4.52. The number of aliphatic imine (C=N–C) groups is 1. The van der Waals surface area contributed by atoms with Crippen molar-refractivity contribution in [2.24, 2.45) is 4.99 Å². The molecule has 1 heterocycles. The van der Waals surface area contributed by atoms with Crippen LogP contribution >= 0.6 is 0 Å². The van der Waals surface area contributed by atoms with E-state index >= 15 is 0 Å². The molecule has 2 aromatic rings. The molecule has 2 nitrogen and oxygen atoms in total. The Kier molecular flexibility index (Phi) is 4.52. The third kappa shape index (κ3) is 3.30. The topological polar surface area (TPSA) is 21.6 Å². The predicted octanol–water partition coefficient (Wildman–Crippen LogP) is 2.38. The zero-order chi connectivity index (χ0) is 13.6. The number of hydrogen-bond donors (Lipinski definition) is 0. The molecule has 20 heavy (non-hydrogen) atoms. The van der Waals surface area contributed by atoms with E-state index in [2.05, 4.69) is 59.6 Å². The van der Waals surface area contributed by atoms with Crippen LogP contribution in [0.25, 0.3) is 0 Å². The van der Waals surface area contributed by atoms with Crippen LogP contribution in [0.5, 0.6) is 0 Å². The van der Waals surface area contributed by atoms with Crippen molar-refractivity contribution in [1.82, 2.24) is 0 Å². The SMILES string of the molecule is c1ccc(C[Se]c2ccccc2C2=NCCCO2)cc1. The molecule has 0 saturated carbocycles. The molecule has 0 unspecified atom stereocenters. The van der Waals surface area contributed by atoms with Gasteiger partial charge in [-0.05, 0) is 0 Å². The molecule has 0 aromatic heterocycles. The van der Waals surface area contributed by atoms with E-state index in [9.17, 15) is 0 Å². The van der Waals surface area contributed by atoms with Crippen LogP contribution in [0.15, 0.2) is 59.6 Å². The van der Waals surface area contributed by atoms with Crippen molar-refractivity contribution in [2.45, 2.75) is 11.7 Å². The maximum absolute atomic E-state index is 5.72. The summed E-state index contributed by atoms with van der Waals surface area (Å²) in [5, 5.41) is 1.11. The average molecular weight is 330 g/mol. The second-order valence-electron chi connectivity index (χ2n) is 4.66. The van der Waals surface area contributed by atoms with E-state index in [1.165, 1.54) is 15.6 Å². The van der Waals surface area contributed by atoms with Crippen LogP contribution in [-0.4, -0.2) is 34.0 Å². The maximum atomic E-state index is 5.72. The fourth-order valence-corrected chi connectivity index (χ4v) is 4.23. The van der Waals surface area contributed by atoms with Crippen molar-refractivity contribution < 1.29 is 4.74 Å². The molecule has 0 radical (unpaired) electrons. The third-order valence-electron chi connectivity index (χ3n) is 3.15. The molecular weight excluding hydrogens is 313 g/mol. The summed E-state index contributed by atoms with van der Waals surface area (Å²) >= 11 is 0.404. The van der Waals surface area contributed by atoms with Crippen LogP contribution < -0.4 is 4.46 Å². The third-order valence-corrected chi connectivity index (χ3v) is 5.55. The van der Waals surface area contributed by atoms with Crippen molar-refractivity contribution in [3.05, 3.63) is 65.7 Å². The van der Waals surface area contributed by atoms with Crippen LogP contribution in [0.4, 0.5) is 0 Å². The Bertz CT molecular complexity index is 595. The number of benzene rings is 2. The molecule has 102 valence electrons. The first-order valence-electron chi connectivity index (χ1n) is 6.87. The van der Waals surface area contributed by atoms with E-state index in [1.807, 2.05) is 0 Å². The van der Waals surface area contributed by atoms with E-state index in [0.717, 1.165) is 30.8 Å². The van der Waals surface area contributed by atoms with Crippen LogP contribution in [0.2, 0.25) is 0 Å². The second kappa shape index (κ2) is 6.74. The zero-order valence-corrected chi connectivity index (χ0v) is 13.0. The van der Waals surface area contributed by atoms with Crippen molar-refractivity contribution in [2.75, 3.05) is 13.2 Å². The van der Waals surface area contributed by atoms with Crippen molar-refractivity contribution in [3.8, 4) is 0 Å². The van der Waals surface area contributed by atoms with Gasteiger partial charge in [0.2, 0.25) is 0 Å². The van der Waals surface area contributed by atoms with Gasteiger partial charge in [0.05, 0.1) is 0 Å². The summed E-state index contributed by atoms with van der Waals surface area (Å²) in [6, 6.07) is 19.2. The Balaban J connectivity index is 1.78. The van der Waals surface area contributed by atoms with Crippen LogP contribution in [-0.2, 0) is 10.1 Å². The molecule has 0 spiro atoms. The number of nitrogens with zero attached hydrogens (tertiary/aromatic N) is 1. The first kappa shape index (κ1) is 13.4. The van der Waals surface area contributed by atoms with Gasteiger partial charge < -0.3 is 0 Å². The monoisotopic (exact) mass is 331 g/mol. The molecule has 1 aliphatic rings. The van der Waals surface area contributed by atoms with Gasteiger partial charge in [-0.1, -0.05) is 0 Å². The van der Waals surface area contributed by atoms with Gasteiger partial charge in [0.15, 0.2) is 0 Å². The molecule has 0 N–H and O–H groups in total. The second-order valence-corrected chi connectivity index (χ2v) is 6.79. The standard InChI is InChI=1S/C17H17NOSe/c1-2-7-14(8-3-1)13-20-16-10-5-4-9-15(16)17-18-11-6-12-19-17/h1-5,7-10H,6,11-13H2. The Labute approximate surface area is 126 Å². The van der Waals surface area contributed by atoms with Gasteiger partial charge >= 0.3 is 126 Å². The molecule has 0 bridgehead atoms. The summed E-state index contributed by atoms with van der Waals surface area (Å²) in [5.74, 6) is 0.835. The molecule has 2 aromatic carbocycles. The first-order chi connectivity index (χ1) is 9.93. The molecule has 0 saturated heterocycles. The molecule has 0 fully saturated rings. The van der Waals surface area contributed by atoms with Gasteiger partial charge in [-0.2, -0.15) is 0 Å². The molecule has 0 atom stereocenters. The fourth-order valence-electron chi connectivity index (χ4n) is 2.13. The minimum atomic E-state index is 0.404. The summed E-state index contributed by atoms with van der Waals surface area (Å²) in [6.45, 7) is 1.67. The van der Waals surface area contributed by atoms with Gasteiger partial charge in [-0.25, -0.2) is 0 Å². The predicted molar refractivity (Wildman–Crippen MR) is 83.9 cm³/mol. The Morgan fingerprint density at radius 3 is 2.60 bits per heavy atom. The van der Waals surface area contributed by atoms with Crippen molar-refractivity contribution in [1.29, 1.82) is 0 Å². The number of hydrogen-bond acceptors (Lipinski definition) is 2. The Morgan fingerprint density at radius 1 is 1.00 bits per heavy atom. The molecule has 3 heteroatoms. The zero-order valence-electron chi connectivity index (χ0n) is 11.3. The van der Waals surface area contributed by atoms with E-state index in [4.69, 9.17) is 4.74 Å². The molecular formula is C17H17NOSe. The molecule has 0 amide bonds. The number of rotatable bonds is 4. The average Bonchev–Trinajstić information content (AvgIpc) is 2.55. The van der Waals surface area contributed by atoms with E-state index in [1.54, 1.807) is 0 Å². The van der Waals surface area contributed by atoms with Crippen LogP contribution in [0, 0.1) is 0 Å². The van der Waals surface area contributed by atoms with Crippen LogP contribution in [0.1, 0.15) is 17.5 Å². The summed E-state index contributed by atoms with van der Waals surface area (Å²) in [6.07, 6.45) is 1.03. The minimum absolute atomic E-state index is 0.404. The summed E-state index contributed by atoms with van der Waals surface area (Å²) in [7, 11) is 0.